The first-order valence-electron chi connectivity index (χ1n) is 9.34. The summed E-state index contributed by atoms with van der Waals surface area (Å²) in [5.74, 6) is 4.13. The van der Waals surface area contributed by atoms with Crippen molar-refractivity contribution in [3.05, 3.63) is 0 Å². The van der Waals surface area contributed by atoms with Gasteiger partial charge in [0.2, 0.25) is 5.91 Å². The highest BCUT2D eigenvalue weighted by Gasteiger charge is 2.45. The van der Waals surface area contributed by atoms with Crippen LogP contribution in [0.3, 0.4) is 0 Å². The molecule has 0 aromatic heterocycles. The summed E-state index contributed by atoms with van der Waals surface area (Å²) >= 11 is 0. The fraction of sp³-hybridized carbons (Fsp3) is 0.947. The van der Waals surface area contributed by atoms with Crippen LogP contribution in [-0.4, -0.2) is 35.1 Å². The monoisotopic (exact) mass is 309 g/mol. The van der Waals surface area contributed by atoms with E-state index in [1.165, 1.54) is 19.3 Å². The first-order valence-corrected chi connectivity index (χ1v) is 9.34. The van der Waals surface area contributed by atoms with E-state index in [1.807, 2.05) is 0 Å². The lowest BCUT2D eigenvalue weighted by Crippen LogP contribution is -2.40. The van der Waals surface area contributed by atoms with Gasteiger partial charge in [0, 0.05) is 19.5 Å². The Kier molecular flexibility index (Phi) is 6.31. The quantitative estimate of drug-likeness (QED) is 0.742. The summed E-state index contributed by atoms with van der Waals surface area (Å²) in [6.07, 6.45) is 5.96. The fourth-order valence-corrected chi connectivity index (χ4v) is 4.49. The first kappa shape index (κ1) is 17.8. The second kappa shape index (κ2) is 7.81. The molecule has 0 aromatic carbocycles. The van der Waals surface area contributed by atoms with Crippen LogP contribution in [0.5, 0.6) is 0 Å². The van der Waals surface area contributed by atoms with Gasteiger partial charge in [-0.25, -0.2) is 0 Å². The number of aliphatic hydroxyl groups is 1. The maximum Gasteiger partial charge on any atom is 0.222 e. The lowest BCUT2D eigenvalue weighted by Gasteiger charge is -2.34. The van der Waals surface area contributed by atoms with E-state index < -0.39 is 0 Å². The second-order valence-corrected chi connectivity index (χ2v) is 8.27. The number of amides is 1. The molecular formula is C19H35NO2. The van der Waals surface area contributed by atoms with E-state index in [1.54, 1.807) is 6.92 Å². The van der Waals surface area contributed by atoms with Crippen molar-refractivity contribution in [2.45, 2.75) is 72.3 Å². The van der Waals surface area contributed by atoms with Crippen molar-refractivity contribution in [3.8, 4) is 0 Å². The average Bonchev–Trinajstić information content (AvgIpc) is 3.03. The van der Waals surface area contributed by atoms with Gasteiger partial charge in [0.1, 0.15) is 0 Å². The van der Waals surface area contributed by atoms with Crippen LogP contribution in [0.2, 0.25) is 0 Å². The summed E-state index contributed by atoms with van der Waals surface area (Å²) in [5, 5.41) is 9.44. The van der Waals surface area contributed by atoms with Gasteiger partial charge in [-0.05, 0) is 68.6 Å². The zero-order valence-corrected chi connectivity index (χ0v) is 14.9. The van der Waals surface area contributed by atoms with Crippen molar-refractivity contribution >= 4 is 5.91 Å². The van der Waals surface area contributed by atoms with E-state index in [4.69, 9.17) is 0 Å². The molecule has 0 aromatic rings. The lowest BCUT2D eigenvalue weighted by atomic mass is 9.80. The Balaban J connectivity index is 1.93. The van der Waals surface area contributed by atoms with Crippen molar-refractivity contribution in [2.75, 3.05) is 13.1 Å². The molecule has 3 heteroatoms. The van der Waals surface area contributed by atoms with Crippen molar-refractivity contribution in [1.82, 2.24) is 4.90 Å². The number of carbonyl (C=O) groups excluding carboxylic acids is 1. The topological polar surface area (TPSA) is 40.5 Å². The molecule has 2 bridgehead atoms. The minimum atomic E-state index is -0.377. The van der Waals surface area contributed by atoms with Crippen molar-refractivity contribution in [3.63, 3.8) is 0 Å². The minimum absolute atomic E-state index is 0.247. The number of aliphatic hydroxyl groups excluding tert-OH is 1. The van der Waals surface area contributed by atoms with Crippen molar-refractivity contribution in [2.24, 2.45) is 29.6 Å². The Bertz CT molecular complexity index is 364. The molecule has 1 amide bonds. The molecular weight excluding hydrogens is 274 g/mol. The fourth-order valence-electron chi connectivity index (χ4n) is 4.49. The van der Waals surface area contributed by atoms with E-state index >= 15 is 0 Å². The molecule has 2 aliphatic rings. The van der Waals surface area contributed by atoms with E-state index in [0.29, 0.717) is 24.7 Å². The van der Waals surface area contributed by atoms with Gasteiger partial charge in [0.25, 0.3) is 0 Å². The number of hydrogen-bond donors (Lipinski definition) is 1. The second-order valence-electron chi connectivity index (χ2n) is 8.27. The first-order chi connectivity index (χ1) is 10.4. The van der Waals surface area contributed by atoms with Gasteiger partial charge in [-0.3, -0.25) is 4.79 Å². The zero-order valence-electron chi connectivity index (χ0n) is 14.9. The Morgan fingerprint density at radius 1 is 1.18 bits per heavy atom. The largest absolute Gasteiger partial charge is 0.393 e. The van der Waals surface area contributed by atoms with Gasteiger partial charge in [-0.1, -0.05) is 20.8 Å². The molecule has 2 rings (SSSR count). The Morgan fingerprint density at radius 2 is 1.86 bits per heavy atom. The van der Waals surface area contributed by atoms with E-state index in [2.05, 4.69) is 25.7 Å². The number of hydrogen-bond acceptors (Lipinski definition) is 2. The summed E-state index contributed by atoms with van der Waals surface area (Å²) in [5.41, 5.74) is 0. The highest BCUT2D eigenvalue weighted by Crippen LogP contribution is 2.52. The number of rotatable bonds is 8. The molecule has 0 saturated heterocycles. The number of carbonyl (C=O) groups is 1. The third kappa shape index (κ3) is 4.47. The van der Waals surface area contributed by atoms with Gasteiger partial charge in [-0.2, -0.15) is 0 Å². The Morgan fingerprint density at radius 3 is 2.41 bits per heavy atom. The Hall–Kier alpha value is -0.570. The predicted octanol–water partition coefficient (Wildman–Crippen LogP) is 3.70. The SMILES string of the molecule is CC(C)CCN(CC1C2CCC(C2)C1C)C(=O)CCC(C)O. The molecule has 2 fully saturated rings. The molecule has 0 heterocycles. The molecule has 5 atom stereocenters. The third-order valence-corrected chi connectivity index (χ3v) is 6.07. The van der Waals surface area contributed by atoms with Crippen LogP contribution >= 0.6 is 0 Å². The highest BCUT2D eigenvalue weighted by atomic mass is 16.3. The average molecular weight is 309 g/mol. The van der Waals surface area contributed by atoms with Gasteiger partial charge >= 0.3 is 0 Å². The number of nitrogens with zero attached hydrogens (tertiary/aromatic N) is 1. The summed E-state index contributed by atoms with van der Waals surface area (Å²) in [6, 6.07) is 0. The molecule has 0 aliphatic heterocycles. The zero-order chi connectivity index (χ0) is 16.3. The highest BCUT2D eigenvalue weighted by molar-refractivity contribution is 5.76. The van der Waals surface area contributed by atoms with Crippen LogP contribution in [0.25, 0.3) is 0 Å². The van der Waals surface area contributed by atoms with Crippen molar-refractivity contribution < 1.29 is 9.90 Å². The summed E-state index contributed by atoms with van der Waals surface area (Å²) < 4.78 is 0. The van der Waals surface area contributed by atoms with E-state index in [-0.39, 0.29) is 12.0 Å². The molecule has 5 unspecified atom stereocenters. The van der Waals surface area contributed by atoms with Crippen molar-refractivity contribution in [1.29, 1.82) is 0 Å². The van der Waals surface area contributed by atoms with Crippen LogP contribution in [-0.2, 0) is 4.79 Å². The van der Waals surface area contributed by atoms with Crippen LogP contribution in [0.1, 0.15) is 66.2 Å². The summed E-state index contributed by atoms with van der Waals surface area (Å²) in [4.78, 5) is 14.7. The van der Waals surface area contributed by atoms with Gasteiger partial charge in [0.05, 0.1) is 6.10 Å². The predicted molar refractivity (Wildman–Crippen MR) is 90.4 cm³/mol. The van der Waals surface area contributed by atoms with Crippen LogP contribution in [0.4, 0.5) is 0 Å². The van der Waals surface area contributed by atoms with Gasteiger partial charge in [0.15, 0.2) is 0 Å². The van der Waals surface area contributed by atoms with E-state index in [9.17, 15) is 9.90 Å². The molecule has 3 nitrogen and oxygen atoms in total. The van der Waals surface area contributed by atoms with Crippen LogP contribution < -0.4 is 0 Å². The van der Waals surface area contributed by atoms with E-state index in [0.717, 1.165) is 37.3 Å². The molecule has 2 aliphatic carbocycles. The maximum absolute atomic E-state index is 12.6. The third-order valence-electron chi connectivity index (χ3n) is 6.07. The molecule has 1 N–H and O–H groups in total. The maximum atomic E-state index is 12.6. The normalized spacial score (nSPS) is 31.7. The summed E-state index contributed by atoms with van der Waals surface area (Å²) in [6.45, 7) is 10.4. The van der Waals surface area contributed by atoms with Crippen LogP contribution in [0, 0.1) is 29.6 Å². The Labute approximate surface area is 136 Å². The molecule has 2 saturated carbocycles. The molecule has 0 radical (unpaired) electrons. The molecule has 128 valence electrons. The lowest BCUT2D eigenvalue weighted by molar-refractivity contribution is -0.133. The number of fused-ring (bicyclic) bond motifs is 2. The minimum Gasteiger partial charge on any atom is -0.393 e. The smallest absolute Gasteiger partial charge is 0.222 e. The molecule has 0 spiro atoms. The van der Waals surface area contributed by atoms with Gasteiger partial charge < -0.3 is 10.0 Å². The molecule has 22 heavy (non-hydrogen) atoms. The van der Waals surface area contributed by atoms with Crippen LogP contribution in [0.15, 0.2) is 0 Å². The van der Waals surface area contributed by atoms with Gasteiger partial charge in [-0.15, -0.1) is 0 Å². The standard InChI is InChI=1S/C19H35NO2/c1-13(2)9-10-20(19(22)8-5-14(3)21)12-18-15(4)16-6-7-17(18)11-16/h13-18,21H,5-12H2,1-4H3. The summed E-state index contributed by atoms with van der Waals surface area (Å²) in [7, 11) is 0.